The van der Waals surface area contributed by atoms with Gasteiger partial charge in [0.2, 0.25) is 0 Å². The fourth-order valence-electron chi connectivity index (χ4n) is 2.63. The third-order valence-corrected chi connectivity index (χ3v) is 4.95. The summed E-state index contributed by atoms with van der Waals surface area (Å²) in [5.41, 5.74) is 1.06. The lowest BCUT2D eigenvalue weighted by Gasteiger charge is -2.22. The summed E-state index contributed by atoms with van der Waals surface area (Å²) >= 11 is 1.64. The number of hydrogen-bond acceptors (Lipinski definition) is 3. The van der Waals surface area contributed by atoms with Gasteiger partial charge in [0.25, 0.3) is 0 Å². The first-order valence-corrected chi connectivity index (χ1v) is 7.78. The number of nitrogens with zero attached hydrogens (tertiary/aromatic N) is 1. The van der Waals surface area contributed by atoms with E-state index < -0.39 is 0 Å². The van der Waals surface area contributed by atoms with Gasteiger partial charge in [-0.1, -0.05) is 19.1 Å². The molecule has 0 amide bonds. The summed E-state index contributed by atoms with van der Waals surface area (Å²) < 4.78 is 14.3. The molecule has 1 aromatic carbocycles. The molecule has 0 spiro atoms. The summed E-state index contributed by atoms with van der Waals surface area (Å²) in [5.74, 6) is 0.0591. The van der Waals surface area contributed by atoms with Crippen molar-refractivity contribution in [3.05, 3.63) is 65.0 Å². The number of aromatic nitrogens is 1. The van der Waals surface area contributed by atoms with Gasteiger partial charge < -0.3 is 5.32 Å². The highest BCUT2D eigenvalue weighted by atomic mass is 32.1. The van der Waals surface area contributed by atoms with Crippen molar-refractivity contribution in [2.45, 2.75) is 18.9 Å². The topological polar surface area (TPSA) is 24.9 Å². The van der Waals surface area contributed by atoms with E-state index in [0.717, 1.165) is 15.8 Å². The largest absolute Gasteiger partial charge is 0.312 e. The van der Waals surface area contributed by atoms with Crippen LogP contribution in [0.1, 0.15) is 29.5 Å². The zero-order valence-corrected chi connectivity index (χ0v) is 12.8. The number of hydrogen-bond donors (Lipinski definition) is 1. The van der Waals surface area contributed by atoms with Crippen molar-refractivity contribution in [2.75, 3.05) is 7.05 Å². The van der Waals surface area contributed by atoms with E-state index in [-0.39, 0.29) is 17.8 Å². The van der Waals surface area contributed by atoms with Crippen molar-refractivity contribution < 1.29 is 4.39 Å². The van der Waals surface area contributed by atoms with Crippen molar-refractivity contribution in [3.8, 4) is 0 Å². The molecule has 0 aliphatic heterocycles. The Kier molecular flexibility index (Phi) is 3.99. The molecule has 3 aromatic rings. The molecule has 1 N–H and O–H groups in total. The zero-order valence-electron chi connectivity index (χ0n) is 12.0. The molecule has 3 rings (SSSR count). The van der Waals surface area contributed by atoms with Crippen LogP contribution in [0.5, 0.6) is 0 Å². The quantitative estimate of drug-likeness (QED) is 0.767. The Bertz CT molecular complexity index is 739. The Morgan fingerprint density at radius 2 is 2.05 bits per heavy atom. The molecule has 0 aliphatic carbocycles. The molecule has 0 aliphatic rings. The Hall–Kier alpha value is -1.78. The van der Waals surface area contributed by atoms with Gasteiger partial charge in [-0.15, -0.1) is 11.3 Å². The van der Waals surface area contributed by atoms with Crippen LogP contribution in [0.3, 0.4) is 0 Å². The second kappa shape index (κ2) is 5.92. The summed E-state index contributed by atoms with van der Waals surface area (Å²) in [5, 5.41) is 4.46. The molecule has 0 radical (unpaired) electrons. The van der Waals surface area contributed by atoms with Crippen LogP contribution in [0.2, 0.25) is 0 Å². The normalized spacial score (nSPS) is 14.2. The number of benzene rings is 1. The molecule has 2 unspecified atom stereocenters. The highest BCUT2D eigenvalue weighted by Crippen LogP contribution is 2.36. The SMILES string of the molecule is CNC(c1cc2ccc(F)cc2s1)C(C)c1ccccn1. The molecule has 0 saturated carbocycles. The molecule has 108 valence electrons. The van der Waals surface area contributed by atoms with Crippen LogP contribution >= 0.6 is 11.3 Å². The number of pyridine rings is 1. The van der Waals surface area contributed by atoms with Crippen LogP contribution in [0.4, 0.5) is 4.39 Å². The maximum Gasteiger partial charge on any atom is 0.124 e. The molecule has 2 nitrogen and oxygen atoms in total. The lowest BCUT2D eigenvalue weighted by Crippen LogP contribution is -2.21. The van der Waals surface area contributed by atoms with Crippen LogP contribution in [0.25, 0.3) is 10.1 Å². The maximum absolute atomic E-state index is 13.3. The first-order chi connectivity index (χ1) is 10.2. The van der Waals surface area contributed by atoms with Crippen LogP contribution in [-0.2, 0) is 0 Å². The average Bonchev–Trinajstić information content (AvgIpc) is 2.91. The minimum Gasteiger partial charge on any atom is -0.312 e. The summed E-state index contributed by atoms with van der Waals surface area (Å²) in [4.78, 5) is 5.65. The van der Waals surface area contributed by atoms with E-state index in [1.807, 2.05) is 37.5 Å². The van der Waals surface area contributed by atoms with Gasteiger partial charge >= 0.3 is 0 Å². The van der Waals surface area contributed by atoms with E-state index in [1.54, 1.807) is 17.4 Å². The molecule has 2 atom stereocenters. The Morgan fingerprint density at radius 1 is 1.19 bits per heavy atom. The monoisotopic (exact) mass is 300 g/mol. The lowest BCUT2D eigenvalue weighted by atomic mass is 9.96. The predicted octanol–water partition coefficient (Wildman–Crippen LogP) is 4.50. The lowest BCUT2D eigenvalue weighted by molar-refractivity contribution is 0.507. The van der Waals surface area contributed by atoms with E-state index in [4.69, 9.17) is 0 Å². The second-order valence-electron chi connectivity index (χ2n) is 5.14. The van der Waals surface area contributed by atoms with Gasteiger partial charge in [-0.2, -0.15) is 0 Å². The van der Waals surface area contributed by atoms with Gasteiger partial charge in [0, 0.05) is 33.4 Å². The minimum absolute atomic E-state index is 0.167. The third kappa shape index (κ3) is 2.82. The maximum atomic E-state index is 13.3. The van der Waals surface area contributed by atoms with Crippen molar-refractivity contribution in [2.24, 2.45) is 0 Å². The number of thiophene rings is 1. The summed E-state index contributed by atoms with van der Waals surface area (Å²) in [6.45, 7) is 2.16. The molecular weight excluding hydrogens is 283 g/mol. The van der Waals surface area contributed by atoms with Crippen molar-refractivity contribution in [1.82, 2.24) is 10.3 Å². The molecule has 2 aromatic heterocycles. The fourth-order valence-corrected chi connectivity index (χ4v) is 3.94. The van der Waals surface area contributed by atoms with Crippen molar-refractivity contribution >= 4 is 21.4 Å². The van der Waals surface area contributed by atoms with Gasteiger partial charge in [0.1, 0.15) is 5.82 Å². The van der Waals surface area contributed by atoms with Gasteiger partial charge in [-0.25, -0.2) is 4.39 Å². The summed E-state index contributed by atoms with van der Waals surface area (Å²) in [6.07, 6.45) is 1.82. The van der Waals surface area contributed by atoms with Crippen LogP contribution < -0.4 is 5.32 Å². The van der Waals surface area contributed by atoms with E-state index >= 15 is 0 Å². The van der Waals surface area contributed by atoms with Crippen LogP contribution in [0.15, 0.2) is 48.7 Å². The summed E-state index contributed by atoms with van der Waals surface area (Å²) in [6, 6.07) is 13.2. The van der Waals surface area contributed by atoms with Crippen LogP contribution in [-0.4, -0.2) is 12.0 Å². The highest BCUT2D eigenvalue weighted by molar-refractivity contribution is 7.19. The highest BCUT2D eigenvalue weighted by Gasteiger charge is 2.22. The summed E-state index contributed by atoms with van der Waals surface area (Å²) in [7, 11) is 1.95. The van der Waals surface area contributed by atoms with Crippen molar-refractivity contribution in [3.63, 3.8) is 0 Å². The van der Waals surface area contributed by atoms with E-state index in [9.17, 15) is 4.39 Å². The first kappa shape index (κ1) is 14.2. The number of halogens is 1. The molecule has 0 saturated heterocycles. The van der Waals surface area contributed by atoms with E-state index in [0.29, 0.717) is 0 Å². The predicted molar refractivity (Wildman–Crippen MR) is 86.2 cm³/mol. The smallest absolute Gasteiger partial charge is 0.124 e. The molecule has 4 heteroatoms. The number of nitrogens with one attached hydrogen (secondary N) is 1. The second-order valence-corrected chi connectivity index (χ2v) is 6.26. The molecule has 0 fully saturated rings. The van der Waals surface area contributed by atoms with Gasteiger partial charge in [0.15, 0.2) is 0 Å². The number of likely N-dealkylation sites (N-methyl/N-ethyl adjacent to an activating group) is 1. The van der Waals surface area contributed by atoms with E-state index in [1.165, 1.54) is 10.9 Å². The zero-order chi connectivity index (χ0) is 14.8. The Labute approximate surface area is 127 Å². The molecule has 0 bridgehead atoms. The molecular formula is C17H17FN2S. The van der Waals surface area contributed by atoms with Gasteiger partial charge in [0.05, 0.1) is 0 Å². The minimum atomic E-state index is -0.185. The third-order valence-electron chi connectivity index (χ3n) is 3.77. The standard InChI is InChI=1S/C17H17FN2S/c1-11(14-5-3-4-8-20-14)17(19-2)16-9-12-6-7-13(18)10-15(12)21-16/h3-11,17,19H,1-2H3. The molecule has 2 heterocycles. The Balaban J connectivity index is 1.98. The number of rotatable bonds is 4. The number of fused-ring (bicyclic) bond motifs is 1. The Morgan fingerprint density at radius 3 is 2.76 bits per heavy atom. The average molecular weight is 300 g/mol. The van der Waals surface area contributed by atoms with E-state index in [2.05, 4.69) is 23.3 Å². The first-order valence-electron chi connectivity index (χ1n) is 6.96. The van der Waals surface area contributed by atoms with Crippen molar-refractivity contribution in [1.29, 1.82) is 0 Å². The van der Waals surface area contributed by atoms with Gasteiger partial charge in [-0.05, 0) is 42.8 Å². The fraction of sp³-hybridized carbons (Fsp3) is 0.235. The molecule has 21 heavy (non-hydrogen) atoms. The van der Waals surface area contributed by atoms with Gasteiger partial charge in [-0.3, -0.25) is 4.98 Å². The van der Waals surface area contributed by atoms with Crippen LogP contribution in [0, 0.1) is 5.82 Å².